The van der Waals surface area contributed by atoms with E-state index in [1.165, 1.54) is 35.6 Å². The number of hydrogen-bond donors (Lipinski definition) is 1. The van der Waals surface area contributed by atoms with E-state index in [1.807, 2.05) is 0 Å². The molecular weight excluding hydrogens is 293 g/mol. The maximum Gasteiger partial charge on any atom is 0.345 e. The molecular formula is C15H12FNO3S. The Kier molecular flexibility index (Phi) is 3.47. The minimum atomic E-state index is -0.939. The van der Waals surface area contributed by atoms with Crippen LogP contribution in [0.3, 0.4) is 0 Å². The Balaban J connectivity index is 1.80. The number of fused-ring (bicyclic) bond motifs is 1. The molecule has 1 aromatic carbocycles. The first kappa shape index (κ1) is 13.8. The van der Waals surface area contributed by atoms with Crippen LogP contribution in [0.2, 0.25) is 0 Å². The van der Waals surface area contributed by atoms with Crippen LogP contribution >= 0.6 is 11.3 Å². The van der Waals surface area contributed by atoms with Crippen molar-refractivity contribution >= 4 is 23.2 Å². The summed E-state index contributed by atoms with van der Waals surface area (Å²) in [6, 6.07) is 7.07. The molecule has 0 unspecified atom stereocenters. The van der Waals surface area contributed by atoms with Crippen molar-refractivity contribution in [2.45, 2.75) is 13.0 Å². The molecule has 2 heterocycles. The Labute approximate surface area is 124 Å². The molecule has 0 radical (unpaired) electrons. The highest BCUT2D eigenvalue weighted by Gasteiger charge is 2.24. The Morgan fingerprint density at radius 3 is 2.62 bits per heavy atom. The number of carboxylic acids is 1. The summed E-state index contributed by atoms with van der Waals surface area (Å²) < 4.78 is 12.9. The molecule has 0 fully saturated rings. The van der Waals surface area contributed by atoms with Crippen molar-refractivity contribution in [1.29, 1.82) is 0 Å². The van der Waals surface area contributed by atoms with Crippen molar-refractivity contribution in [3.8, 4) is 0 Å². The molecule has 21 heavy (non-hydrogen) atoms. The van der Waals surface area contributed by atoms with Gasteiger partial charge in [0, 0.05) is 23.5 Å². The van der Waals surface area contributed by atoms with E-state index in [0.717, 1.165) is 10.4 Å². The number of halogens is 1. The fourth-order valence-corrected chi connectivity index (χ4v) is 3.39. The zero-order valence-corrected chi connectivity index (χ0v) is 11.8. The Morgan fingerprint density at radius 2 is 1.95 bits per heavy atom. The number of carbonyl (C=O) groups is 2. The van der Waals surface area contributed by atoms with Crippen molar-refractivity contribution in [3.05, 3.63) is 57.0 Å². The maximum atomic E-state index is 12.9. The van der Waals surface area contributed by atoms with Crippen LogP contribution in [0.1, 0.15) is 30.5 Å². The van der Waals surface area contributed by atoms with Crippen molar-refractivity contribution in [3.63, 3.8) is 0 Å². The Bertz CT molecular complexity index is 708. The summed E-state index contributed by atoms with van der Waals surface area (Å²) in [6.45, 7) is 0.943. The van der Waals surface area contributed by atoms with Crippen LogP contribution in [-0.2, 0) is 13.0 Å². The minimum Gasteiger partial charge on any atom is -0.477 e. The van der Waals surface area contributed by atoms with Crippen LogP contribution in [0.4, 0.5) is 4.39 Å². The van der Waals surface area contributed by atoms with Crippen LogP contribution in [0, 0.1) is 5.82 Å². The van der Waals surface area contributed by atoms with Crippen molar-refractivity contribution < 1.29 is 19.1 Å². The fraction of sp³-hybridized carbons (Fsp3) is 0.200. The van der Waals surface area contributed by atoms with E-state index >= 15 is 0 Å². The first-order valence-corrected chi connectivity index (χ1v) is 7.26. The average molecular weight is 305 g/mol. The number of carbonyl (C=O) groups excluding carboxylic acids is 1. The second kappa shape index (κ2) is 5.29. The van der Waals surface area contributed by atoms with E-state index in [1.54, 1.807) is 11.0 Å². The standard InChI is InChI=1S/C15H12FNO3S/c16-11-3-1-9(2-4-11)14(18)17-6-5-12-10(8-17)7-13(21-12)15(19)20/h1-4,7H,5-6,8H2,(H,19,20). The Hall–Kier alpha value is -2.21. The van der Waals surface area contributed by atoms with E-state index in [-0.39, 0.29) is 11.7 Å². The predicted octanol–water partition coefficient (Wildman–Crippen LogP) is 2.78. The van der Waals surface area contributed by atoms with E-state index in [4.69, 9.17) is 5.11 Å². The zero-order valence-electron chi connectivity index (χ0n) is 11.0. The third-order valence-corrected chi connectivity index (χ3v) is 4.68. The lowest BCUT2D eigenvalue weighted by molar-refractivity contribution is 0.0701. The number of benzene rings is 1. The topological polar surface area (TPSA) is 57.6 Å². The average Bonchev–Trinajstić information content (AvgIpc) is 2.90. The number of rotatable bonds is 2. The van der Waals surface area contributed by atoms with Gasteiger partial charge in [0.15, 0.2) is 0 Å². The van der Waals surface area contributed by atoms with E-state index in [0.29, 0.717) is 30.0 Å². The predicted molar refractivity (Wildman–Crippen MR) is 76.1 cm³/mol. The number of amides is 1. The molecule has 3 rings (SSSR count). The first-order valence-electron chi connectivity index (χ1n) is 6.44. The van der Waals surface area contributed by atoms with Crippen LogP contribution in [0.25, 0.3) is 0 Å². The summed E-state index contributed by atoms with van der Waals surface area (Å²) in [5, 5.41) is 9.01. The normalized spacial score (nSPS) is 13.9. The Morgan fingerprint density at radius 1 is 1.24 bits per heavy atom. The van der Waals surface area contributed by atoms with Gasteiger partial charge in [0.05, 0.1) is 0 Å². The number of thiophene rings is 1. The van der Waals surface area contributed by atoms with Gasteiger partial charge in [-0.2, -0.15) is 0 Å². The molecule has 1 amide bonds. The van der Waals surface area contributed by atoms with E-state index in [9.17, 15) is 14.0 Å². The highest BCUT2D eigenvalue weighted by atomic mass is 32.1. The van der Waals surface area contributed by atoms with Gasteiger partial charge in [0.2, 0.25) is 0 Å². The third kappa shape index (κ3) is 2.67. The van der Waals surface area contributed by atoms with Gasteiger partial charge >= 0.3 is 5.97 Å². The lowest BCUT2D eigenvalue weighted by atomic mass is 10.1. The molecule has 0 bridgehead atoms. The molecule has 1 aliphatic heterocycles. The molecule has 0 spiro atoms. The first-order chi connectivity index (χ1) is 10.0. The molecule has 1 aromatic heterocycles. The monoisotopic (exact) mass is 305 g/mol. The highest BCUT2D eigenvalue weighted by Crippen LogP contribution is 2.28. The van der Waals surface area contributed by atoms with Gasteiger partial charge in [-0.05, 0) is 42.3 Å². The van der Waals surface area contributed by atoms with E-state index < -0.39 is 5.97 Å². The fourth-order valence-electron chi connectivity index (χ4n) is 2.39. The minimum absolute atomic E-state index is 0.163. The van der Waals surface area contributed by atoms with Gasteiger partial charge in [-0.15, -0.1) is 11.3 Å². The zero-order chi connectivity index (χ0) is 15.0. The number of nitrogens with zero attached hydrogens (tertiary/aromatic N) is 1. The molecule has 0 aliphatic carbocycles. The van der Waals surface area contributed by atoms with Gasteiger partial charge in [-0.3, -0.25) is 4.79 Å². The summed E-state index contributed by atoms with van der Waals surface area (Å²) in [4.78, 5) is 26.3. The number of aromatic carboxylic acids is 1. The van der Waals surface area contributed by atoms with Gasteiger partial charge < -0.3 is 10.0 Å². The molecule has 0 atom stereocenters. The number of hydrogen-bond acceptors (Lipinski definition) is 3. The SMILES string of the molecule is O=C(O)c1cc2c(s1)CCN(C(=O)c1ccc(F)cc1)C2. The second-order valence-electron chi connectivity index (χ2n) is 4.85. The van der Waals surface area contributed by atoms with Crippen molar-refractivity contribution in [2.75, 3.05) is 6.54 Å². The van der Waals surface area contributed by atoms with Crippen LogP contribution in [-0.4, -0.2) is 28.4 Å². The quantitative estimate of drug-likeness (QED) is 0.928. The molecule has 6 heteroatoms. The van der Waals surface area contributed by atoms with Gasteiger partial charge in [-0.25, -0.2) is 9.18 Å². The lowest BCUT2D eigenvalue weighted by Crippen LogP contribution is -2.35. The molecule has 0 saturated carbocycles. The summed E-state index contributed by atoms with van der Waals surface area (Å²) in [7, 11) is 0. The molecule has 0 saturated heterocycles. The molecule has 1 N–H and O–H groups in total. The highest BCUT2D eigenvalue weighted by molar-refractivity contribution is 7.14. The second-order valence-corrected chi connectivity index (χ2v) is 5.98. The smallest absolute Gasteiger partial charge is 0.345 e. The van der Waals surface area contributed by atoms with Gasteiger partial charge in [0.25, 0.3) is 5.91 Å². The molecule has 2 aromatic rings. The van der Waals surface area contributed by atoms with Crippen molar-refractivity contribution in [2.24, 2.45) is 0 Å². The summed E-state index contributed by atoms with van der Waals surface area (Å²) >= 11 is 1.27. The molecule has 108 valence electrons. The molecule has 1 aliphatic rings. The third-order valence-electron chi connectivity index (χ3n) is 3.46. The van der Waals surface area contributed by atoms with Crippen LogP contribution < -0.4 is 0 Å². The van der Waals surface area contributed by atoms with E-state index in [2.05, 4.69) is 0 Å². The summed E-state index contributed by atoms with van der Waals surface area (Å²) in [5.41, 5.74) is 1.33. The summed E-state index contributed by atoms with van der Waals surface area (Å²) in [5.74, 6) is -1.48. The largest absolute Gasteiger partial charge is 0.477 e. The van der Waals surface area contributed by atoms with Crippen LogP contribution in [0.5, 0.6) is 0 Å². The maximum absolute atomic E-state index is 12.9. The van der Waals surface area contributed by atoms with Crippen LogP contribution in [0.15, 0.2) is 30.3 Å². The van der Waals surface area contributed by atoms with Gasteiger partial charge in [0.1, 0.15) is 10.7 Å². The van der Waals surface area contributed by atoms with Crippen molar-refractivity contribution in [1.82, 2.24) is 4.90 Å². The lowest BCUT2D eigenvalue weighted by Gasteiger charge is -2.27. The molecule has 4 nitrogen and oxygen atoms in total. The number of carboxylic acid groups (broad SMARTS) is 1. The summed E-state index contributed by atoms with van der Waals surface area (Å²) in [6.07, 6.45) is 0.653. The van der Waals surface area contributed by atoms with Gasteiger partial charge in [-0.1, -0.05) is 0 Å².